The van der Waals surface area contributed by atoms with Gasteiger partial charge in [-0.1, -0.05) is 19.1 Å². The van der Waals surface area contributed by atoms with Crippen LogP contribution in [-0.2, 0) is 0 Å². The number of hydrogen-bond acceptors (Lipinski definition) is 5. The summed E-state index contributed by atoms with van der Waals surface area (Å²) in [5, 5.41) is 17.2. The van der Waals surface area contributed by atoms with Crippen molar-refractivity contribution >= 4 is 38.9 Å². The van der Waals surface area contributed by atoms with Crippen molar-refractivity contribution in [3.05, 3.63) is 51.0 Å². The van der Waals surface area contributed by atoms with Crippen molar-refractivity contribution in [1.82, 2.24) is 4.98 Å². The number of anilines is 3. The van der Waals surface area contributed by atoms with E-state index in [4.69, 9.17) is 0 Å². The minimum absolute atomic E-state index is 0.00171. The first-order valence-electron chi connectivity index (χ1n) is 6.52. The maximum atomic E-state index is 11.0. The van der Waals surface area contributed by atoms with Gasteiger partial charge in [0.05, 0.1) is 22.7 Å². The average molecular weight is 351 g/mol. The predicted molar refractivity (Wildman–Crippen MR) is 87.1 cm³/mol. The fourth-order valence-electron chi connectivity index (χ4n) is 1.73. The molecule has 0 aliphatic rings. The largest absolute Gasteiger partial charge is 0.370 e. The molecule has 0 saturated heterocycles. The smallest absolute Gasteiger partial charge is 0.276 e. The molecule has 0 radical (unpaired) electrons. The number of rotatable bonds is 6. The highest BCUT2D eigenvalue weighted by Crippen LogP contribution is 2.27. The van der Waals surface area contributed by atoms with Crippen molar-refractivity contribution in [2.24, 2.45) is 0 Å². The van der Waals surface area contributed by atoms with E-state index in [0.717, 1.165) is 16.6 Å². The summed E-state index contributed by atoms with van der Waals surface area (Å²) in [6.45, 7) is 2.73. The molecule has 110 valence electrons. The standard InChI is InChI=1S/C14H15BrN4O2/c1-2-7-16-13-8-10(19(20)21)9-14(18-13)17-12-6-4-3-5-11(12)15/h3-6,8-9H,2,7H2,1H3,(H2,16,17,18). The second-order valence-electron chi connectivity index (χ2n) is 4.38. The van der Waals surface area contributed by atoms with Crippen molar-refractivity contribution < 1.29 is 4.92 Å². The summed E-state index contributed by atoms with van der Waals surface area (Å²) in [6, 6.07) is 10.4. The van der Waals surface area contributed by atoms with Gasteiger partial charge in [0.2, 0.25) is 0 Å². The van der Waals surface area contributed by atoms with E-state index in [9.17, 15) is 10.1 Å². The van der Waals surface area contributed by atoms with Gasteiger partial charge in [-0.2, -0.15) is 0 Å². The van der Waals surface area contributed by atoms with E-state index >= 15 is 0 Å². The Labute approximate surface area is 130 Å². The van der Waals surface area contributed by atoms with Crippen molar-refractivity contribution in [1.29, 1.82) is 0 Å². The van der Waals surface area contributed by atoms with Crippen LogP contribution in [0.15, 0.2) is 40.9 Å². The fraction of sp³-hybridized carbons (Fsp3) is 0.214. The van der Waals surface area contributed by atoms with Crippen LogP contribution in [-0.4, -0.2) is 16.5 Å². The molecule has 0 amide bonds. The van der Waals surface area contributed by atoms with Crippen LogP contribution >= 0.6 is 15.9 Å². The van der Waals surface area contributed by atoms with Gasteiger partial charge in [-0.25, -0.2) is 4.98 Å². The number of aromatic nitrogens is 1. The number of benzene rings is 1. The maximum absolute atomic E-state index is 11.0. The topological polar surface area (TPSA) is 80.1 Å². The van der Waals surface area contributed by atoms with Crippen LogP contribution in [0.2, 0.25) is 0 Å². The molecule has 21 heavy (non-hydrogen) atoms. The molecule has 0 fully saturated rings. The Balaban J connectivity index is 2.31. The Morgan fingerprint density at radius 3 is 2.67 bits per heavy atom. The number of halogens is 1. The molecule has 0 atom stereocenters. The number of nitro groups is 1. The van der Waals surface area contributed by atoms with Gasteiger partial charge in [-0.15, -0.1) is 0 Å². The SMILES string of the molecule is CCCNc1cc([N+](=O)[O-])cc(Nc2ccccc2Br)n1. The molecule has 0 aliphatic carbocycles. The summed E-state index contributed by atoms with van der Waals surface area (Å²) < 4.78 is 0.862. The van der Waals surface area contributed by atoms with Crippen LogP contribution in [0.5, 0.6) is 0 Å². The van der Waals surface area contributed by atoms with E-state index in [1.165, 1.54) is 12.1 Å². The van der Waals surface area contributed by atoms with Crippen molar-refractivity contribution in [3.8, 4) is 0 Å². The van der Waals surface area contributed by atoms with Crippen molar-refractivity contribution in [2.45, 2.75) is 13.3 Å². The minimum Gasteiger partial charge on any atom is -0.370 e. The Morgan fingerprint density at radius 1 is 1.29 bits per heavy atom. The number of para-hydroxylation sites is 1. The summed E-state index contributed by atoms with van der Waals surface area (Å²) >= 11 is 3.42. The predicted octanol–water partition coefficient (Wildman–Crippen LogP) is 4.32. The van der Waals surface area contributed by atoms with E-state index in [0.29, 0.717) is 18.2 Å². The zero-order chi connectivity index (χ0) is 15.2. The Kier molecular flexibility index (Phi) is 5.10. The highest BCUT2D eigenvalue weighted by Gasteiger charge is 2.12. The Bertz CT molecular complexity index is 649. The quantitative estimate of drug-likeness (QED) is 0.599. The first-order chi connectivity index (χ1) is 10.1. The second kappa shape index (κ2) is 7.03. The summed E-state index contributed by atoms with van der Waals surface area (Å²) in [7, 11) is 0. The molecule has 0 saturated carbocycles. The lowest BCUT2D eigenvalue weighted by atomic mass is 10.3. The van der Waals surface area contributed by atoms with Crippen LogP contribution in [0.1, 0.15) is 13.3 Å². The zero-order valence-electron chi connectivity index (χ0n) is 11.5. The molecule has 2 rings (SSSR count). The summed E-state index contributed by atoms with van der Waals surface area (Å²) in [4.78, 5) is 14.9. The Hall–Kier alpha value is -2.15. The monoisotopic (exact) mass is 350 g/mol. The number of nitrogens with zero attached hydrogens (tertiary/aromatic N) is 2. The van der Waals surface area contributed by atoms with Gasteiger partial charge in [0.25, 0.3) is 5.69 Å². The van der Waals surface area contributed by atoms with Gasteiger partial charge in [-0.3, -0.25) is 10.1 Å². The molecule has 7 heteroatoms. The van der Waals surface area contributed by atoms with Crippen LogP contribution in [0, 0.1) is 10.1 Å². The lowest BCUT2D eigenvalue weighted by Crippen LogP contribution is -2.05. The van der Waals surface area contributed by atoms with E-state index in [-0.39, 0.29) is 5.69 Å². The maximum Gasteiger partial charge on any atom is 0.276 e. The Morgan fingerprint density at radius 2 is 2.00 bits per heavy atom. The minimum atomic E-state index is -0.427. The van der Waals surface area contributed by atoms with Gasteiger partial charge in [0.15, 0.2) is 0 Å². The summed E-state index contributed by atoms with van der Waals surface area (Å²) in [6.07, 6.45) is 0.914. The van der Waals surface area contributed by atoms with Crippen LogP contribution in [0.3, 0.4) is 0 Å². The molecule has 1 aromatic heterocycles. The molecule has 2 N–H and O–H groups in total. The van der Waals surface area contributed by atoms with Crippen molar-refractivity contribution in [2.75, 3.05) is 17.2 Å². The molecule has 0 aliphatic heterocycles. The average Bonchev–Trinajstić information content (AvgIpc) is 2.47. The first-order valence-corrected chi connectivity index (χ1v) is 7.31. The van der Waals surface area contributed by atoms with Crippen LogP contribution in [0.25, 0.3) is 0 Å². The number of nitrogens with one attached hydrogen (secondary N) is 2. The summed E-state index contributed by atoms with van der Waals surface area (Å²) in [5.74, 6) is 0.912. The van der Waals surface area contributed by atoms with Gasteiger partial charge < -0.3 is 10.6 Å². The van der Waals surface area contributed by atoms with Gasteiger partial charge in [0.1, 0.15) is 11.6 Å². The fourth-order valence-corrected chi connectivity index (χ4v) is 2.11. The second-order valence-corrected chi connectivity index (χ2v) is 5.24. The summed E-state index contributed by atoms with van der Waals surface area (Å²) in [5.41, 5.74) is 0.796. The van der Waals surface area contributed by atoms with Gasteiger partial charge in [-0.05, 0) is 34.5 Å². The number of hydrogen-bond donors (Lipinski definition) is 2. The molecule has 0 spiro atoms. The van der Waals surface area contributed by atoms with Crippen LogP contribution < -0.4 is 10.6 Å². The highest BCUT2D eigenvalue weighted by molar-refractivity contribution is 9.10. The molecule has 0 bridgehead atoms. The van der Waals surface area contributed by atoms with E-state index in [1.807, 2.05) is 31.2 Å². The number of pyridine rings is 1. The third-order valence-corrected chi connectivity index (χ3v) is 3.41. The molecular weight excluding hydrogens is 336 g/mol. The first kappa shape index (κ1) is 15.2. The van der Waals surface area contributed by atoms with E-state index in [1.54, 1.807) is 0 Å². The lowest BCUT2D eigenvalue weighted by molar-refractivity contribution is -0.384. The van der Waals surface area contributed by atoms with E-state index in [2.05, 4.69) is 31.5 Å². The highest BCUT2D eigenvalue weighted by atomic mass is 79.9. The molecular formula is C14H15BrN4O2. The van der Waals surface area contributed by atoms with E-state index < -0.39 is 4.92 Å². The van der Waals surface area contributed by atoms with Gasteiger partial charge in [0, 0.05) is 11.0 Å². The molecule has 2 aromatic rings. The third kappa shape index (κ3) is 4.16. The lowest BCUT2D eigenvalue weighted by Gasteiger charge is -2.10. The van der Waals surface area contributed by atoms with Crippen molar-refractivity contribution in [3.63, 3.8) is 0 Å². The molecule has 1 aromatic carbocycles. The molecule has 0 unspecified atom stereocenters. The van der Waals surface area contributed by atoms with Gasteiger partial charge >= 0.3 is 0 Å². The van der Waals surface area contributed by atoms with Crippen LogP contribution in [0.4, 0.5) is 23.0 Å². The molecule has 1 heterocycles. The third-order valence-electron chi connectivity index (χ3n) is 2.71. The zero-order valence-corrected chi connectivity index (χ0v) is 13.1. The normalized spacial score (nSPS) is 10.2. The molecule has 6 nitrogen and oxygen atoms in total.